The highest BCUT2D eigenvalue weighted by atomic mass is 79.9. The Balaban J connectivity index is 1.78. The lowest BCUT2D eigenvalue weighted by atomic mass is 9.96. The highest BCUT2D eigenvalue weighted by Crippen LogP contribution is 2.33. The van der Waals surface area contributed by atoms with Crippen molar-refractivity contribution < 1.29 is 27.9 Å². The fourth-order valence-corrected chi connectivity index (χ4v) is 6.18. The van der Waals surface area contributed by atoms with E-state index in [1.807, 2.05) is 30.3 Å². The number of halogens is 1. The second-order valence-corrected chi connectivity index (χ2v) is 12.0. The summed E-state index contributed by atoms with van der Waals surface area (Å²) in [6, 6.07) is 20.6. The van der Waals surface area contributed by atoms with Crippen molar-refractivity contribution in [3.05, 3.63) is 98.9 Å². The van der Waals surface area contributed by atoms with Gasteiger partial charge in [0, 0.05) is 21.8 Å². The highest BCUT2D eigenvalue weighted by molar-refractivity contribution is 9.10. The van der Waals surface area contributed by atoms with Crippen molar-refractivity contribution in [2.45, 2.75) is 30.7 Å². The molecule has 0 atom stereocenters. The monoisotopic (exact) mass is 611 g/mol. The molecule has 0 unspecified atom stereocenters. The first kappa shape index (κ1) is 28.3. The smallest absolute Gasteiger partial charge is 0.355 e. The van der Waals surface area contributed by atoms with Crippen molar-refractivity contribution in [1.29, 1.82) is 0 Å². The number of methoxy groups -OCH3 is 1. The van der Waals surface area contributed by atoms with E-state index in [9.17, 15) is 22.8 Å². The van der Waals surface area contributed by atoms with Crippen molar-refractivity contribution in [3.63, 3.8) is 0 Å². The first-order chi connectivity index (χ1) is 18.6. The number of ether oxygens (including phenoxy) is 1. The maximum Gasteiger partial charge on any atom is 0.355 e. The molecule has 1 N–H and O–H groups in total. The average molecular weight is 612 g/mol. The van der Waals surface area contributed by atoms with Crippen LogP contribution in [0.15, 0.2) is 87.0 Å². The molecule has 0 radical (unpaired) electrons. The van der Waals surface area contributed by atoms with Crippen LogP contribution in [0.4, 0.5) is 0 Å². The van der Waals surface area contributed by atoms with Crippen LogP contribution in [0.5, 0.6) is 0 Å². The topological polar surface area (TPSA) is 120 Å². The molecular weight excluding hydrogens is 586 g/mol. The maximum absolute atomic E-state index is 13.7. The average Bonchev–Trinajstić information content (AvgIpc) is 2.92. The standard InChI is InChI=1S/C29H26BrNO7S/c1-38-29(35)27-26(20-7-3-2-4-8-20)24-17-21(30)12-15-23(24)28(34)31(27)18-19-10-13-22(14-11-19)39(36,37)16-6-5-9-25(32)33/h2-4,7-8,10-15,17H,5-6,9,16,18H2,1H3,(H,32,33). The molecule has 0 bridgehead atoms. The van der Waals surface area contributed by atoms with Gasteiger partial charge in [0.05, 0.1) is 24.3 Å². The summed E-state index contributed by atoms with van der Waals surface area (Å²) in [4.78, 5) is 37.6. The number of pyridine rings is 1. The van der Waals surface area contributed by atoms with Gasteiger partial charge in [-0.3, -0.25) is 14.2 Å². The molecule has 0 saturated heterocycles. The number of nitrogens with zero attached hydrogens (tertiary/aromatic N) is 1. The fraction of sp³-hybridized carbons (Fsp3) is 0.207. The molecule has 0 aliphatic carbocycles. The number of benzene rings is 3. The Hall–Kier alpha value is -3.76. The van der Waals surface area contributed by atoms with Gasteiger partial charge >= 0.3 is 11.9 Å². The molecule has 0 amide bonds. The van der Waals surface area contributed by atoms with Crippen molar-refractivity contribution in [2.24, 2.45) is 0 Å². The zero-order valence-electron chi connectivity index (χ0n) is 21.1. The van der Waals surface area contributed by atoms with Crippen LogP contribution < -0.4 is 5.56 Å². The molecule has 0 spiro atoms. The van der Waals surface area contributed by atoms with E-state index < -0.39 is 21.8 Å². The number of carbonyl (C=O) groups excluding carboxylic acids is 1. The van der Waals surface area contributed by atoms with Gasteiger partial charge in [-0.15, -0.1) is 0 Å². The number of hydrogen-bond donors (Lipinski definition) is 1. The maximum atomic E-state index is 13.7. The molecular formula is C29H26BrNO7S. The quantitative estimate of drug-likeness (QED) is 0.191. The van der Waals surface area contributed by atoms with Crippen molar-refractivity contribution in [2.75, 3.05) is 12.9 Å². The zero-order valence-corrected chi connectivity index (χ0v) is 23.5. The highest BCUT2D eigenvalue weighted by Gasteiger charge is 2.24. The Kier molecular flexibility index (Phi) is 8.66. The second kappa shape index (κ2) is 12.0. The molecule has 0 fully saturated rings. The molecule has 0 aliphatic rings. The van der Waals surface area contributed by atoms with Gasteiger partial charge in [0.2, 0.25) is 0 Å². The van der Waals surface area contributed by atoms with E-state index in [1.165, 1.54) is 23.8 Å². The van der Waals surface area contributed by atoms with E-state index in [0.29, 0.717) is 21.9 Å². The summed E-state index contributed by atoms with van der Waals surface area (Å²) in [7, 11) is -2.34. The van der Waals surface area contributed by atoms with Gasteiger partial charge < -0.3 is 9.84 Å². The van der Waals surface area contributed by atoms with Crippen LogP contribution in [-0.2, 0) is 25.9 Å². The lowest BCUT2D eigenvalue weighted by molar-refractivity contribution is -0.137. The number of hydrogen-bond acceptors (Lipinski definition) is 6. The lowest BCUT2D eigenvalue weighted by Crippen LogP contribution is -2.28. The Labute approximate surface area is 233 Å². The Morgan fingerprint density at radius 2 is 1.64 bits per heavy atom. The van der Waals surface area contributed by atoms with Gasteiger partial charge in [-0.1, -0.05) is 58.4 Å². The van der Waals surface area contributed by atoms with Crippen LogP contribution >= 0.6 is 15.9 Å². The summed E-state index contributed by atoms with van der Waals surface area (Å²) < 4.78 is 32.6. The van der Waals surface area contributed by atoms with Gasteiger partial charge in [0.1, 0.15) is 5.69 Å². The van der Waals surface area contributed by atoms with Gasteiger partial charge in [0.25, 0.3) is 5.56 Å². The number of aliphatic carboxylic acids is 1. The van der Waals surface area contributed by atoms with Crippen molar-refractivity contribution >= 4 is 48.5 Å². The minimum Gasteiger partial charge on any atom is -0.481 e. The van der Waals surface area contributed by atoms with Gasteiger partial charge in [-0.25, -0.2) is 13.2 Å². The van der Waals surface area contributed by atoms with Gasteiger partial charge in [-0.2, -0.15) is 0 Å². The summed E-state index contributed by atoms with van der Waals surface area (Å²) in [5.74, 6) is -1.80. The number of carbonyl (C=O) groups is 2. The third kappa shape index (κ3) is 6.29. The summed E-state index contributed by atoms with van der Waals surface area (Å²) in [6.45, 7) is 0.00798. The van der Waals surface area contributed by atoms with Crippen LogP contribution in [0.1, 0.15) is 35.3 Å². The molecule has 4 rings (SSSR count). The molecule has 8 nitrogen and oxygen atoms in total. The molecule has 3 aromatic carbocycles. The largest absolute Gasteiger partial charge is 0.481 e. The Morgan fingerprint density at radius 1 is 0.949 bits per heavy atom. The Bertz CT molecular complexity index is 1700. The third-order valence-electron chi connectivity index (χ3n) is 6.35. The van der Waals surface area contributed by atoms with E-state index in [1.54, 1.807) is 30.3 Å². The van der Waals surface area contributed by atoms with Gasteiger partial charge in [0.15, 0.2) is 9.84 Å². The van der Waals surface area contributed by atoms with E-state index in [-0.39, 0.29) is 47.7 Å². The first-order valence-electron chi connectivity index (χ1n) is 12.2. The summed E-state index contributed by atoms with van der Waals surface area (Å²) in [5, 5.41) is 9.77. The lowest BCUT2D eigenvalue weighted by Gasteiger charge is -2.19. The summed E-state index contributed by atoms with van der Waals surface area (Å²) in [6.07, 6.45) is 0.428. The number of sulfone groups is 1. The summed E-state index contributed by atoms with van der Waals surface area (Å²) >= 11 is 3.46. The van der Waals surface area contributed by atoms with Crippen LogP contribution in [0.2, 0.25) is 0 Å². The van der Waals surface area contributed by atoms with Crippen LogP contribution in [0.3, 0.4) is 0 Å². The number of esters is 1. The van der Waals surface area contributed by atoms with Crippen molar-refractivity contribution in [1.82, 2.24) is 4.57 Å². The van der Waals surface area contributed by atoms with Gasteiger partial charge in [-0.05, 0) is 59.7 Å². The predicted molar refractivity (Wildman–Crippen MR) is 152 cm³/mol. The Morgan fingerprint density at radius 3 is 2.28 bits per heavy atom. The molecule has 4 aromatic rings. The van der Waals surface area contributed by atoms with E-state index >= 15 is 0 Å². The molecule has 10 heteroatoms. The SMILES string of the molecule is COC(=O)c1c(-c2ccccc2)c2cc(Br)ccc2c(=O)n1Cc1ccc(S(=O)(=O)CCCCC(=O)O)cc1. The zero-order chi connectivity index (χ0) is 28.2. The second-order valence-electron chi connectivity index (χ2n) is 8.98. The number of carboxylic acid groups (broad SMARTS) is 1. The molecule has 39 heavy (non-hydrogen) atoms. The molecule has 0 saturated carbocycles. The molecule has 1 aromatic heterocycles. The number of aromatic nitrogens is 1. The summed E-state index contributed by atoms with van der Waals surface area (Å²) in [5.41, 5.74) is 1.61. The third-order valence-corrected chi connectivity index (χ3v) is 8.66. The molecule has 0 aliphatic heterocycles. The number of rotatable bonds is 10. The number of fused-ring (bicyclic) bond motifs is 1. The van der Waals surface area contributed by atoms with Crippen molar-refractivity contribution in [3.8, 4) is 11.1 Å². The first-order valence-corrected chi connectivity index (χ1v) is 14.6. The minimum atomic E-state index is -3.60. The van der Waals surface area contributed by atoms with E-state index in [0.717, 1.165) is 10.0 Å². The number of carboxylic acids is 1. The van der Waals surface area contributed by atoms with Crippen LogP contribution in [0, 0.1) is 0 Å². The minimum absolute atomic E-state index is 0.00798. The molecule has 202 valence electrons. The van der Waals surface area contributed by atoms with Crippen LogP contribution in [0.25, 0.3) is 21.9 Å². The normalized spacial score (nSPS) is 11.4. The van der Waals surface area contributed by atoms with E-state index in [4.69, 9.17) is 9.84 Å². The number of unbranched alkanes of at least 4 members (excludes halogenated alkanes) is 1. The molecule has 1 heterocycles. The predicted octanol–water partition coefficient (Wildman–Crippen LogP) is 5.29. The fourth-order valence-electron chi connectivity index (χ4n) is 4.45. The van der Waals surface area contributed by atoms with Crippen LogP contribution in [-0.4, -0.2) is 42.9 Å². The van der Waals surface area contributed by atoms with E-state index in [2.05, 4.69) is 15.9 Å².